The fourth-order valence-corrected chi connectivity index (χ4v) is 2.58. The summed E-state index contributed by atoms with van der Waals surface area (Å²) in [6.45, 7) is 7.10. The molecule has 0 saturated carbocycles. The van der Waals surface area contributed by atoms with E-state index in [2.05, 4.69) is 53.2 Å². The van der Waals surface area contributed by atoms with E-state index in [4.69, 9.17) is 11.6 Å². The van der Waals surface area contributed by atoms with Gasteiger partial charge in [-0.25, -0.2) is 0 Å². The van der Waals surface area contributed by atoms with Gasteiger partial charge in [0.15, 0.2) is 0 Å². The standard InChI is InChI=1S/C16H24ClN3/c1-3-20-16-9-5-4-8-14(16)15(19-20)12-18-10-6-7-13(2)11-17/h4-5,8-9,13,18H,3,6-7,10-12H2,1-2H3. The summed E-state index contributed by atoms with van der Waals surface area (Å²) >= 11 is 5.81. The quantitative estimate of drug-likeness (QED) is 0.593. The van der Waals surface area contributed by atoms with E-state index in [1.54, 1.807) is 0 Å². The van der Waals surface area contributed by atoms with E-state index in [0.29, 0.717) is 5.92 Å². The van der Waals surface area contributed by atoms with Gasteiger partial charge >= 0.3 is 0 Å². The molecule has 0 spiro atoms. The van der Waals surface area contributed by atoms with Gasteiger partial charge in [0.2, 0.25) is 0 Å². The molecule has 0 amide bonds. The maximum absolute atomic E-state index is 5.81. The predicted molar refractivity (Wildman–Crippen MR) is 86.2 cm³/mol. The van der Waals surface area contributed by atoms with Crippen LogP contribution in [0.25, 0.3) is 10.9 Å². The number of nitrogens with zero attached hydrogens (tertiary/aromatic N) is 2. The number of para-hydroxylation sites is 1. The van der Waals surface area contributed by atoms with Crippen LogP contribution in [0.15, 0.2) is 24.3 Å². The van der Waals surface area contributed by atoms with Crippen molar-refractivity contribution in [3.8, 4) is 0 Å². The van der Waals surface area contributed by atoms with Crippen molar-refractivity contribution in [2.24, 2.45) is 5.92 Å². The lowest BCUT2D eigenvalue weighted by Gasteiger charge is -2.07. The fourth-order valence-electron chi connectivity index (χ4n) is 2.43. The lowest BCUT2D eigenvalue weighted by molar-refractivity contribution is 0.528. The van der Waals surface area contributed by atoms with Crippen molar-refractivity contribution in [1.29, 1.82) is 0 Å². The molecule has 0 aliphatic carbocycles. The molecule has 0 aliphatic rings. The molecule has 1 atom stereocenters. The van der Waals surface area contributed by atoms with E-state index in [-0.39, 0.29) is 0 Å². The lowest BCUT2D eigenvalue weighted by atomic mass is 10.1. The van der Waals surface area contributed by atoms with E-state index in [0.717, 1.165) is 31.2 Å². The molecule has 1 aromatic carbocycles. The first-order valence-electron chi connectivity index (χ1n) is 7.47. The van der Waals surface area contributed by atoms with Gasteiger partial charge < -0.3 is 5.32 Å². The average Bonchev–Trinajstić information content (AvgIpc) is 2.85. The van der Waals surface area contributed by atoms with Crippen molar-refractivity contribution in [3.05, 3.63) is 30.0 Å². The second-order valence-electron chi connectivity index (χ2n) is 5.36. The SMILES string of the molecule is CCn1nc(CNCCCC(C)CCl)c2ccccc21. The number of aryl methyl sites for hydroxylation is 1. The summed E-state index contributed by atoms with van der Waals surface area (Å²) in [4.78, 5) is 0. The third-order valence-electron chi connectivity index (χ3n) is 3.64. The Morgan fingerprint density at radius 3 is 2.90 bits per heavy atom. The number of aromatic nitrogens is 2. The van der Waals surface area contributed by atoms with Gasteiger partial charge in [0.1, 0.15) is 0 Å². The molecule has 1 N–H and O–H groups in total. The third kappa shape index (κ3) is 3.74. The van der Waals surface area contributed by atoms with Gasteiger partial charge in [-0.3, -0.25) is 4.68 Å². The van der Waals surface area contributed by atoms with Gasteiger partial charge in [0, 0.05) is 24.4 Å². The van der Waals surface area contributed by atoms with Crippen molar-refractivity contribution in [2.75, 3.05) is 12.4 Å². The molecule has 0 saturated heterocycles. The molecular formula is C16H24ClN3. The average molecular weight is 294 g/mol. The Morgan fingerprint density at radius 2 is 2.15 bits per heavy atom. The van der Waals surface area contributed by atoms with E-state index in [1.165, 1.54) is 23.7 Å². The summed E-state index contributed by atoms with van der Waals surface area (Å²) in [7, 11) is 0. The van der Waals surface area contributed by atoms with Crippen LogP contribution < -0.4 is 5.32 Å². The highest BCUT2D eigenvalue weighted by Gasteiger charge is 2.08. The van der Waals surface area contributed by atoms with E-state index < -0.39 is 0 Å². The molecule has 1 aromatic heterocycles. The van der Waals surface area contributed by atoms with Crippen LogP contribution in [-0.4, -0.2) is 22.2 Å². The van der Waals surface area contributed by atoms with Gasteiger partial charge in [-0.15, -0.1) is 11.6 Å². The van der Waals surface area contributed by atoms with Crippen LogP contribution in [0, 0.1) is 5.92 Å². The molecule has 0 fully saturated rings. The van der Waals surface area contributed by atoms with Crippen LogP contribution in [-0.2, 0) is 13.1 Å². The Balaban J connectivity index is 1.90. The van der Waals surface area contributed by atoms with Crippen molar-refractivity contribution >= 4 is 22.5 Å². The molecule has 4 heteroatoms. The molecular weight excluding hydrogens is 270 g/mol. The monoisotopic (exact) mass is 293 g/mol. The molecule has 0 radical (unpaired) electrons. The van der Waals surface area contributed by atoms with Gasteiger partial charge in [-0.05, 0) is 38.3 Å². The Labute approximate surface area is 126 Å². The Kier molecular flexibility index (Phi) is 5.86. The first kappa shape index (κ1) is 15.3. The molecule has 110 valence electrons. The zero-order valence-corrected chi connectivity index (χ0v) is 13.2. The predicted octanol–water partition coefficient (Wildman–Crippen LogP) is 3.80. The largest absolute Gasteiger partial charge is 0.311 e. The molecule has 2 rings (SSSR count). The number of rotatable bonds is 8. The first-order valence-corrected chi connectivity index (χ1v) is 8.00. The van der Waals surface area contributed by atoms with Crippen LogP contribution in [0.2, 0.25) is 0 Å². The summed E-state index contributed by atoms with van der Waals surface area (Å²) < 4.78 is 2.07. The molecule has 1 heterocycles. The molecule has 20 heavy (non-hydrogen) atoms. The Bertz CT molecular complexity index is 536. The normalized spacial score (nSPS) is 12.9. The smallest absolute Gasteiger partial charge is 0.0841 e. The topological polar surface area (TPSA) is 29.9 Å². The Morgan fingerprint density at radius 1 is 1.35 bits per heavy atom. The van der Waals surface area contributed by atoms with Crippen LogP contribution in [0.4, 0.5) is 0 Å². The number of fused-ring (bicyclic) bond motifs is 1. The van der Waals surface area contributed by atoms with Crippen LogP contribution in [0.3, 0.4) is 0 Å². The first-order chi connectivity index (χ1) is 9.76. The summed E-state index contributed by atoms with van der Waals surface area (Å²) in [6.07, 6.45) is 2.35. The Hall–Kier alpha value is -1.06. The molecule has 0 aliphatic heterocycles. The number of halogens is 1. The zero-order valence-electron chi connectivity index (χ0n) is 12.4. The number of benzene rings is 1. The number of nitrogens with one attached hydrogen (secondary N) is 1. The second-order valence-corrected chi connectivity index (χ2v) is 5.67. The second kappa shape index (κ2) is 7.65. The van der Waals surface area contributed by atoms with E-state index >= 15 is 0 Å². The highest BCUT2D eigenvalue weighted by Crippen LogP contribution is 2.18. The minimum absolute atomic E-state index is 0.610. The number of hydrogen-bond donors (Lipinski definition) is 1. The van der Waals surface area contributed by atoms with E-state index in [9.17, 15) is 0 Å². The minimum atomic E-state index is 0.610. The van der Waals surface area contributed by atoms with Gasteiger partial charge in [0.25, 0.3) is 0 Å². The lowest BCUT2D eigenvalue weighted by Crippen LogP contribution is -2.16. The van der Waals surface area contributed by atoms with Gasteiger partial charge in [-0.2, -0.15) is 5.10 Å². The summed E-state index contributed by atoms with van der Waals surface area (Å²) in [5.41, 5.74) is 2.37. The minimum Gasteiger partial charge on any atom is -0.311 e. The molecule has 1 unspecified atom stereocenters. The molecule has 0 bridgehead atoms. The van der Waals surface area contributed by atoms with Crippen LogP contribution in [0.5, 0.6) is 0 Å². The van der Waals surface area contributed by atoms with Crippen molar-refractivity contribution < 1.29 is 0 Å². The summed E-state index contributed by atoms with van der Waals surface area (Å²) in [6, 6.07) is 8.44. The van der Waals surface area contributed by atoms with Gasteiger partial charge in [0.05, 0.1) is 11.2 Å². The summed E-state index contributed by atoms with van der Waals surface area (Å²) in [5.74, 6) is 1.37. The maximum Gasteiger partial charge on any atom is 0.0841 e. The van der Waals surface area contributed by atoms with Crippen molar-refractivity contribution in [3.63, 3.8) is 0 Å². The van der Waals surface area contributed by atoms with E-state index in [1.807, 2.05) is 0 Å². The molecule has 3 nitrogen and oxygen atoms in total. The highest BCUT2D eigenvalue weighted by molar-refractivity contribution is 6.18. The fraction of sp³-hybridized carbons (Fsp3) is 0.562. The van der Waals surface area contributed by atoms with Crippen LogP contribution >= 0.6 is 11.6 Å². The zero-order chi connectivity index (χ0) is 14.4. The van der Waals surface area contributed by atoms with Crippen molar-refractivity contribution in [1.82, 2.24) is 15.1 Å². The van der Waals surface area contributed by atoms with Crippen LogP contribution in [0.1, 0.15) is 32.4 Å². The van der Waals surface area contributed by atoms with Crippen molar-refractivity contribution in [2.45, 2.75) is 39.8 Å². The third-order valence-corrected chi connectivity index (χ3v) is 4.17. The summed E-state index contributed by atoms with van der Waals surface area (Å²) in [5, 5.41) is 9.44. The highest BCUT2D eigenvalue weighted by atomic mass is 35.5. The maximum atomic E-state index is 5.81. The molecule has 2 aromatic rings. The number of hydrogen-bond acceptors (Lipinski definition) is 2. The number of alkyl halides is 1. The van der Waals surface area contributed by atoms with Gasteiger partial charge in [-0.1, -0.05) is 25.1 Å².